The molecule has 0 radical (unpaired) electrons. The fraction of sp³-hybridized carbons (Fsp3) is 1.00. The van der Waals surface area contributed by atoms with Crippen LogP contribution in [0.1, 0.15) is 27.7 Å². The molecule has 0 saturated heterocycles. The van der Waals surface area contributed by atoms with Crippen molar-refractivity contribution in [3.05, 3.63) is 0 Å². The van der Waals surface area contributed by atoms with Gasteiger partial charge in [0.1, 0.15) is 0 Å². The Morgan fingerprint density at radius 2 is 1.45 bits per heavy atom. The largest absolute Gasteiger partial charge is 0.391 e. The van der Waals surface area contributed by atoms with Crippen molar-refractivity contribution in [3.8, 4) is 0 Å². The Morgan fingerprint density at radius 3 is 1.55 bits per heavy atom. The molecule has 0 heterocycles. The first-order valence-corrected chi connectivity index (χ1v) is 4.36. The molecule has 11 heavy (non-hydrogen) atoms. The van der Waals surface area contributed by atoms with Crippen molar-refractivity contribution in [3.63, 3.8) is 0 Å². The van der Waals surface area contributed by atoms with Crippen LogP contribution in [0.4, 0.5) is 0 Å². The fourth-order valence-corrected chi connectivity index (χ4v) is 1.31. The van der Waals surface area contributed by atoms with Gasteiger partial charge in [-0.25, -0.2) is 0 Å². The molecule has 0 amide bonds. The van der Waals surface area contributed by atoms with E-state index in [1.807, 2.05) is 20.9 Å². The fourth-order valence-electron chi connectivity index (χ4n) is 1.31. The molecule has 0 saturated carbocycles. The van der Waals surface area contributed by atoms with Crippen molar-refractivity contribution in [2.45, 2.75) is 39.8 Å². The molecular formula is C9H21NO. The first kappa shape index (κ1) is 10.9. The zero-order valence-corrected chi connectivity index (χ0v) is 8.26. The van der Waals surface area contributed by atoms with E-state index in [9.17, 15) is 5.11 Å². The van der Waals surface area contributed by atoms with Crippen LogP contribution in [0.2, 0.25) is 0 Å². The predicted molar refractivity (Wildman–Crippen MR) is 48.5 cm³/mol. The van der Waals surface area contributed by atoms with Gasteiger partial charge in [-0.15, -0.1) is 0 Å². The van der Waals surface area contributed by atoms with Gasteiger partial charge in [0.05, 0.1) is 6.10 Å². The summed E-state index contributed by atoms with van der Waals surface area (Å²) in [7, 11) is 1.90. The molecule has 0 bridgehead atoms. The van der Waals surface area contributed by atoms with Crippen LogP contribution in [0.5, 0.6) is 0 Å². The standard InChI is InChI=1S/C9H21NO/c1-6(2)8(10-5)9(11)7(3)4/h6-11H,1-5H3/t8?,9-/m1/s1. The van der Waals surface area contributed by atoms with Crippen molar-refractivity contribution < 1.29 is 5.11 Å². The highest BCUT2D eigenvalue weighted by atomic mass is 16.3. The summed E-state index contributed by atoms with van der Waals surface area (Å²) < 4.78 is 0. The number of likely N-dealkylation sites (N-methyl/N-ethyl adjacent to an activating group) is 1. The highest BCUT2D eigenvalue weighted by molar-refractivity contribution is 4.79. The van der Waals surface area contributed by atoms with Crippen LogP contribution in [0.15, 0.2) is 0 Å². The molecule has 2 heteroatoms. The third-order valence-electron chi connectivity index (χ3n) is 2.10. The summed E-state index contributed by atoms with van der Waals surface area (Å²) in [6, 6.07) is 0.218. The van der Waals surface area contributed by atoms with E-state index in [0.717, 1.165) is 0 Å². The average Bonchev–Trinajstić information content (AvgIpc) is 1.88. The molecule has 0 aliphatic carbocycles. The molecule has 68 valence electrons. The van der Waals surface area contributed by atoms with E-state index in [4.69, 9.17) is 0 Å². The van der Waals surface area contributed by atoms with Gasteiger partial charge in [-0.3, -0.25) is 0 Å². The average molecular weight is 159 g/mol. The van der Waals surface area contributed by atoms with Gasteiger partial charge in [-0.1, -0.05) is 27.7 Å². The maximum absolute atomic E-state index is 9.69. The normalized spacial score (nSPS) is 17.5. The van der Waals surface area contributed by atoms with E-state index in [1.165, 1.54) is 0 Å². The Morgan fingerprint density at radius 1 is 1.00 bits per heavy atom. The molecule has 0 spiro atoms. The lowest BCUT2D eigenvalue weighted by molar-refractivity contribution is 0.0682. The maximum Gasteiger partial charge on any atom is 0.0718 e. The summed E-state index contributed by atoms with van der Waals surface area (Å²) in [5.74, 6) is 0.812. The van der Waals surface area contributed by atoms with E-state index in [1.54, 1.807) is 0 Å². The van der Waals surface area contributed by atoms with E-state index < -0.39 is 0 Å². The summed E-state index contributed by atoms with van der Waals surface area (Å²) >= 11 is 0. The van der Waals surface area contributed by atoms with Gasteiger partial charge in [-0.2, -0.15) is 0 Å². The van der Waals surface area contributed by atoms with E-state index in [-0.39, 0.29) is 12.1 Å². The van der Waals surface area contributed by atoms with Crippen LogP contribution in [-0.4, -0.2) is 24.3 Å². The Hall–Kier alpha value is -0.0800. The van der Waals surface area contributed by atoms with Crippen LogP contribution >= 0.6 is 0 Å². The molecule has 1 unspecified atom stereocenters. The topological polar surface area (TPSA) is 32.3 Å². The van der Waals surface area contributed by atoms with Crippen molar-refractivity contribution >= 4 is 0 Å². The Bertz CT molecular complexity index is 102. The number of nitrogens with one attached hydrogen (secondary N) is 1. The molecule has 2 atom stereocenters. The quantitative estimate of drug-likeness (QED) is 0.647. The highest BCUT2D eigenvalue weighted by Crippen LogP contribution is 2.12. The summed E-state index contributed by atoms with van der Waals surface area (Å²) in [6.07, 6.45) is -0.236. The molecule has 0 aromatic rings. The number of hydrogen-bond acceptors (Lipinski definition) is 2. The molecule has 0 fully saturated rings. The predicted octanol–water partition coefficient (Wildman–Crippen LogP) is 1.25. The second-order valence-electron chi connectivity index (χ2n) is 3.79. The lowest BCUT2D eigenvalue weighted by Crippen LogP contribution is -2.44. The second kappa shape index (κ2) is 4.73. The van der Waals surface area contributed by atoms with Crippen molar-refractivity contribution in [2.24, 2.45) is 11.8 Å². The summed E-state index contributed by atoms with van der Waals surface area (Å²) in [5.41, 5.74) is 0. The van der Waals surface area contributed by atoms with E-state index in [2.05, 4.69) is 19.2 Å². The zero-order valence-electron chi connectivity index (χ0n) is 8.26. The lowest BCUT2D eigenvalue weighted by atomic mass is 9.92. The minimum absolute atomic E-state index is 0.218. The van der Waals surface area contributed by atoms with Gasteiger partial charge in [0.25, 0.3) is 0 Å². The van der Waals surface area contributed by atoms with Gasteiger partial charge >= 0.3 is 0 Å². The van der Waals surface area contributed by atoms with Crippen LogP contribution in [0.3, 0.4) is 0 Å². The van der Waals surface area contributed by atoms with Gasteiger partial charge in [-0.05, 0) is 18.9 Å². The molecule has 0 aliphatic heterocycles. The summed E-state index contributed by atoms with van der Waals surface area (Å²) in [5, 5.41) is 12.8. The van der Waals surface area contributed by atoms with Gasteiger partial charge in [0.15, 0.2) is 0 Å². The van der Waals surface area contributed by atoms with E-state index in [0.29, 0.717) is 11.8 Å². The summed E-state index contributed by atoms with van der Waals surface area (Å²) in [4.78, 5) is 0. The summed E-state index contributed by atoms with van der Waals surface area (Å²) in [6.45, 7) is 8.31. The molecular weight excluding hydrogens is 138 g/mol. The number of rotatable bonds is 4. The minimum Gasteiger partial charge on any atom is -0.391 e. The zero-order chi connectivity index (χ0) is 9.02. The Balaban J connectivity index is 4.02. The minimum atomic E-state index is -0.236. The highest BCUT2D eigenvalue weighted by Gasteiger charge is 2.22. The van der Waals surface area contributed by atoms with Crippen LogP contribution in [-0.2, 0) is 0 Å². The molecule has 2 nitrogen and oxygen atoms in total. The molecule has 0 rings (SSSR count). The second-order valence-corrected chi connectivity index (χ2v) is 3.79. The number of aliphatic hydroxyl groups is 1. The van der Waals surface area contributed by atoms with Crippen molar-refractivity contribution in [1.82, 2.24) is 5.32 Å². The van der Waals surface area contributed by atoms with E-state index >= 15 is 0 Å². The van der Waals surface area contributed by atoms with Crippen molar-refractivity contribution in [2.75, 3.05) is 7.05 Å². The van der Waals surface area contributed by atoms with Gasteiger partial charge in [0.2, 0.25) is 0 Å². The van der Waals surface area contributed by atoms with Crippen LogP contribution < -0.4 is 5.32 Å². The first-order valence-electron chi connectivity index (χ1n) is 4.36. The van der Waals surface area contributed by atoms with Crippen LogP contribution in [0, 0.1) is 11.8 Å². The van der Waals surface area contributed by atoms with Crippen molar-refractivity contribution in [1.29, 1.82) is 0 Å². The van der Waals surface area contributed by atoms with Gasteiger partial charge < -0.3 is 10.4 Å². The molecule has 0 aromatic carbocycles. The smallest absolute Gasteiger partial charge is 0.0718 e. The monoisotopic (exact) mass is 159 g/mol. The Labute approximate surface area is 70.0 Å². The lowest BCUT2D eigenvalue weighted by Gasteiger charge is -2.28. The molecule has 0 aromatic heterocycles. The van der Waals surface area contributed by atoms with Gasteiger partial charge in [0, 0.05) is 6.04 Å². The van der Waals surface area contributed by atoms with Crippen LogP contribution in [0.25, 0.3) is 0 Å². The Kier molecular flexibility index (Phi) is 4.69. The molecule has 2 N–H and O–H groups in total. The maximum atomic E-state index is 9.69. The third kappa shape index (κ3) is 3.21. The molecule has 0 aliphatic rings. The first-order chi connectivity index (χ1) is 5.00. The number of hydrogen-bond donors (Lipinski definition) is 2. The number of aliphatic hydroxyl groups excluding tert-OH is 1. The third-order valence-corrected chi connectivity index (χ3v) is 2.10. The SMILES string of the molecule is CNC(C(C)C)[C@H](O)C(C)C.